The highest BCUT2D eigenvalue weighted by atomic mass is 15.3. The van der Waals surface area contributed by atoms with Gasteiger partial charge in [0.05, 0.1) is 0 Å². The Morgan fingerprint density at radius 2 is 2.54 bits per heavy atom. The molecule has 0 aromatic carbocycles. The van der Waals surface area contributed by atoms with Gasteiger partial charge in [-0.05, 0) is 31.0 Å². The first-order valence-electron chi connectivity index (χ1n) is 4.63. The van der Waals surface area contributed by atoms with Gasteiger partial charge in [-0.3, -0.25) is 0 Å². The highest BCUT2D eigenvalue weighted by molar-refractivity contribution is 5.37. The van der Waals surface area contributed by atoms with Crippen molar-refractivity contribution >= 4 is 5.82 Å². The van der Waals surface area contributed by atoms with E-state index in [9.17, 15) is 0 Å². The molecular weight excluding hydrogens is 164 g/mol. The highest BCUT2D eigenvalue weighted by Crippen LogP contribution is 2.19. The lowest BCUT2D eigenvalue weighted by atomic mass is 10.1. The van der Waals surface area contributed by atoms with E-state index in [1.165, 1.54) is 6.42 Å². The molecule has 0 aliphatic carbocycles. The van der Waals surface area contributed by atoms with Crippen molar-refractivity contribution in [3.8, 4) is 0 Å². The minimum atomic E-state index is 0.627. The smallest absolute Gasteiger partial charge is 0.151 e. The maximum absolute atomic E-state index is 5.61. The van der Waals surface area contributed by atoms with Crippen LogP contribution in [0.15, 0.2) is 18.3 Å². The molecule has 0 saturated carbocycles. The van der Waals surface area contributed by atoms with E-state index >= 15 is 0 Å². The Balaban J connectivity index is 2.04. The topological polar surface area (TPSA) is 55.0 Å². The fraction of sp³-hybridized carbons (Fsp3) is 0.556. The van der Waals surface area contributed by atoms with Crippen LogP contribution in [-0.2, 0) is 0 Å². The molecule has 0 bridgehead atoms. The normalized spacial score (nSPS) is 22.2. The van der Waals surface area contributed by atoms with Crippen molar-refractivity contribution in [1.82, 2.24) is 10.2 Å². The lowest BCUT2D eigenvalue weighted by molar-refractivity contribution is 0.602. The van der Waals surface area contributed by atoms with E-state index in [1.54, 1.807) is 6.20 Å². The molecule has 1 aliphatic heterocycles. The van der Waals surface area contributed by atoms with Gasteiger partial charge >= 0.3 is 0 Å². The van der Waals surface area contributed by atoms with Crippen molar-refractivity contribution in [2.45, 2.75) is 6.42 Å². The summed E-state index contributed by atoms with van der Waals surface area (Å²) < 4.78 is 0. The number of anilines is 1. The van der Waals surface area contributed by atoms with Gasteiger partial charge in [-0.1, -0.05) is 0 Å². The predicted molar refractivity (Wildman–Crippen MR) is 51.4 cm³/mol. The first kappa shape index (κ1) is 8.44. The maximum Gasteiger partial charge on any atom is 0.151 e. The van der Waals surface area contributed by atoms with Gasteiger partial charge in [-0.25, -0.2) is 0 Å². The van der Waals surface area contributed by atoms with Crippen LogP contribution in [0.25, 0.3) is 0 Å². The zero-order valence-electron chi connectivity index (χ0n) is 7.56. The Morgan fingerprint density at radius 1 is 1.62 bits per heavy atom. The molecule has 1 saturated heterocycles. The maximum atomic E-state index is 5.61. The summed E-state index contributed by atoms with van der Waals surface area (Å²) in [4.78, 5) is 2.24. The van der Waals surface area contributed by atoms with Gasteiger partial charge in [-0.2, -0.15) is 5.10 Å². The second kappa shape index (κ2) is 3.70. The first-order valence-corrected chi connectivity index (χ1v) is 4.63. The van der Waals surface area contributed by atoms with Crippen molar-refractivity contribution in [3.05, 3.63) is 18.3 Å². The molecule has 13 heavy (non-hydrogen) atoms. The second-order valence-corrected chi connectivity index (χ2v) is 3.42. The molecule has 1 aromatic rings. The summed E-state index contributed by atoms with van der Waals surface area (Å²) in [6.07, 6.45) is 2.87. The van der Waals surface area contributed by atoms with E-state index in [-0.39, 0.29) is 0 Å². The quantitative estimate of drug-likeness (QED) is 0.706. The summed E-state index contributed by atoms with van der Waals surface area (Å²) >= 11 is 0. The highest BCUT2D eigenvalue weighted by Gasteiger charge is 2.21. The van der Waals surface area contributed by atoms with Crippen molar-refractivity contribution in [3.63, 3.8) is 0 Å². The van der Waals surface area contributed by atoms with Crippen LogP contribution in [0.5, 0.6) is 0 Å². The van der Waals surface area contributed by atoms with Crippen molar-refractivity contribution in [2.24, 2.45) is 11.7 Å². The number of nitrogens with two attached hydrogens (primary N) is 1. The van der Waals surface area contributed by atoms with Crippen molar-refractivity contribution in [2.75, 3.05) is 24.5 Å². The van der Waals surface area contributed by atoms with Crippen LogP contribution in [0.4, 0.5) is 5.82 Å². The van der Waals surface area contributed by atoms with E-state index in [2.05, 4.69) is 15.1 Å². The molecule has 1 fully saturated rings. The summed E-state index contributed by atoms with van der Waals surface area (Å²) in [6.45, 7) is 2.85. The molecule has 4 nitrogen and oxygen atoms in total. The van der Waals surface area contributed by atoms with Gasteiger partial charge in [0, 0.05) is 19.3 Å². The van der Waals surface area contributed by atoms with Crippen molar-refractivity contribution < 1.29 is 0 Å². The lowest BCUT2D eigenvalue weighted by Gasteiger charge is -2.15. The van der Waals surface area contributed by atoms with E-state index in [4.69, 9.17) is 5.73 Å². The third-order valence-corrected chi connectivity index (χ3v) is 2.50. The number of hydrogen-bond donors (Lipinski definition) is 1. The predicted octanol–water partition coefficient (Wildman–Crippen LogP) is 0.262. The number of nitrogens with zero attached hydrogens (tertiary/aromatic N) is 3. The molecule has 2 heterocycles. The van der Waals surface area contributed by atoms with Crippen LogP contribution in [0.1, 0.15) is 6.42 Å². The Kier molecular flexibility index (Phi) is 2.40. The van der Waals surface area contributed by atoms with Gasteiger partial charge in [-0.15, -0.1) is 5.10 Å². The standard InChI is InChI=1S/C9H14N4/c10-6-8-3-5-13(7-8)9-2-1-4-11-12-9/h1-2,4,8H,3,5-7,10H2. The van der Waals surface area contributed by atoms with Gasteiger partial charge in [0.2, 0.25) is 0 Å². The third-order valence-electron chi connectivity index (χ3n) is 2.50. The molecule has 1 unspecified atom stereocenters. The summed E-state index contributed by atoms with van der Waals surface area (Å²) in [5.41, 5.74) is 5.61. The Bertz CT molecular complexity index is 262. The van der Waals surface area contributed by atoms with Crippen LogP contribution in [0, 0.1) is 5.92 Å². The van der Waals surface area contributed by atoms with Gasteiger partial charge in [0.15, 0.2) is 5.82 Å². The number of aromatic nitrogens is 2. The van der Waals surface area contributed by atoms with Crippen LogP contribution in [0.3, 0.4) is 0 Å². The molecule has 2 rings (SSSR count). The Hall–Kier alpha value is -1.16. The Morgan fingerprint density at radius 3 is 3.15 bits per heavy atom. The molecule has 0 radical (unpaired) electrons. The van der Waals surface area contributed by atoms with E-state index < -0.39 is 0 Å². The summed E-state index contributed by atoms with van der Waals surface area (Å²) in [7, 11) is 0. The summed E-state index contributed by atoms with van der Waals surface area (Å²) in [6, 6.07) is 3.91. The molecule has 70 valence electrons. The average molecular weight is 178 g/mol. The molecule has 1 aliphatic rings. The number of rotatable bonds is 2. The average Bonchev–Trinajstić information content (AvgIpc) is 2.67. The fourth-order valence-electron chi connectivity index (χ4n) is 1.70. The largest absolute Gasteiger partial charge is 0.355 e. The minimum absolute atomic E-state index is 0.627. The first-order chi connectivity index (χ1) is 6.40. The SMILES string of the molecule is NCC1CCN(c2cccnn2)C1. The van der Waals surface area contributed by atoms with Crippen LogP contribution in [0.2, 0.25) is 0 Å². The summed E-state index contributed by atoms with van der Waals surface area (Å²) in [5.74, 6) is 1.60. The molecule has 0 spiro atoms. The Labute approximate surface area is 77.8 Å². The number of hydrogen-bond acceptors (Lipinski definition) is 4. The zero-order chi connectivity index (χ0) is 9.10. The van der Waals surface area contributed by atoms with Crippen LogP contribution >= 0.6 is 0 Å². The lowest BCUT2D eigenvalue weighted by Crippen LogP contribution is -2.23. The molecule has 0 amide bonds. The monoisotopic (exact) mass is 178 g/mol. The zero-order valence-corrected chi connectivity index (χ0v) is 7.56. The second-order valence-electron chi connectivity index (χ2n) is 3.42. The van der Waals surface area contributed by atoms with E-state index in [1.807, 2.05) is 12.1 Å². The third kappa shape index (κ3) is 1.78. The van der Waals surface area contributed by atoms with Crippen molar-refractivity contribution in [1.29, 1.82) is 0 Å². The van der Waals surface area contributed by atoms with E-state index in [0.29, 0.717) is 5.92 Å². The van der Waals surface area contributed by atoms with Gasteiger partial charge in [0.1, 0.15) is 0 Å². The van der Waals surface area contributed by atoms with Crippen LogP contribution < -0.4 is 10.6 Å². The molecule has 1 atom stereocenters. The van der Waals surface area contributed by atoms with Crippen LogP contribution in [-0.4, -0.2) is 29.8 Å². The molecular formula is C9H14N4. The van der Waals surface area contributed by atoms with Gasteiger partial charge in [0.25, 0.3) is 0 Å². The fourth-order valence-corrected chi connectivity index (χ4v) is 1.70. The molecule has 4 heteroatoms. The minimum Gasteiger partial charge on any atom is -0.355 e. The molecule has 1 aromatic heterocycles. The van der Waals surface area contributed by atoms with Gasteiger partial charge < -0.3 is 10.6 Å². The van der Waals surface area contributed by atoms with E-state index in [0.717, 1.165) is 25.5 Å². The summed E-state index contributed by atoms with van der Waals surface area (Å²) in [5, 5.41) is 7.92. The molecule has 2 N–H and O–H groups in total.